The number of carbonyl (C=O) groups excluding carboxylic acids is 1. The highest BCUT2D eigenvalue weighted by molar-refractivity contribution is 7.92. The van der Waals surface area contributed by atoms with E-state index in [1.165, 1.54) is 19.3 Å². The van der Waals surface area contributed by atoms with Gasteiger partial charge in [-0.15, -0.1) is 0 Å². The topological polar surface area (TPSA) is 92.3 Å². The fourth-order valence-electron chi connectivity index (χ4n) is 3.47. The highest BCUT2D eigenvalue weighted by Gasteiger charge is 2.19. The van der Waals surface area contributed by atoms with E-state index in [-0.39, 0.29) is 23.8 Å². The number of nitrogens with one attached hydrogen (secondary N) is 1. The molecule has 7 nitrogen and oxygen atoms in total. The highest BCUT2D eigenvalue weighted by Crippen LogP contribution is 2.19. The lowest BCUT2D eigenvalue weighted by molar-refractivity contribution is -0.120. The average Bonchev–Trinajstić information content (AvgIpc) is 2.73. The van der Waals surface area contributed by atoms with Gasteiger partial charge in [-0.3, -0.25) is 4.79 Å². The predicted octanol–water partition coefficient (Wildman–Crippen LogP) is 2.82. The fourth-order valence-corrected chi connectivity index (χ4v) is 4.53. The van der Waals surface area contributed by atoms with Gasteiger partial charge in [0.25, 0.3) is 0 Å². The molecule has 1 N–H and O–H groups in total. The number of sulfone groups is 1. The molecule has 1 aromatic heterocycles. The molecule has 1 saturated heterocycles. The zero-order valence-electron chi connectivity index (χ0n) is 17.9. The summed E-state index contributed by atoms with van der Waals surface area (Å²) in [5.74, 6) is 1.37. The monoisotopic (exact) mass is 430 g/mol. The van der Waals surface area contributed by atoms with Gasteiger partial charge in [-0.1, -0.05) is 12.1 Å². The normalized spacial score (nSPS) is 14.7. The Morgan fingerprint density at radius 2 is 1.77 bits per heavy atom. The van der Waals surface area contributed by atoms with Crippen molar-refractivity contribution in [3.8, 4) is 0 Å². The third-order valence-electron chi connectivity index (χ3n) is 5.25. The summed E-state index contributed by atoms with van der Waals surface area (Å²) in [6.45, 7) is 7.52. The summed E-state index contributed by atoms with van der Waals surface area (Å²) in [6, 6.07) is 8.49. The van der Waals surface area contributed by atoms with Crippen LogP contribution in [0.5, 0.6) is 0 Å². The maximum absolute atomic E-state index is 12.4. The van der Waals surface area contributed by atoms with Crippen LogP contribution in [0, 0.1) is 6.92 Å². The van der Waals surface area contributed by atoms with Crippen LogP contribution in [0.3, 0.4) is 0 Å². The Hall–Kier alpha value is -2.48. The molecule has 0 unspecified atom stereocenters. The van der Waals surface area contributed by atoms with Crippen LogP contribution < -0.4 is 10.2 Å². The Labute approximate surface area is 178 Å². The van der Waals surface area contributed by atoms with Crippen molar-refractivity contribution in [3.05, 3.63) is 47.4 Å². The number of nitrogens with zero attached hydrogens (tertiary/aromatic N) is 3. The predicted molar refractivity (Wildman–Crippen MR) is 117 cm³/mol. The van der Waals surface area contributed by atoms with Crippen molar-refractivity contribution in [2.75, 3.05) is 18.0 Å². The summed E-state index contributed by atoms with van der Waals surface area (Å²) < 4.78 is 24.4. The summed E-state index contributed by atoms with van der Waals surface area (Å²) in [7, 11) is -3.31. The molecule has 3 rings (SSSR count). The second-order valence-electron chi connectivity index (χ2n) is 8.02. The lowest BCUT2D eigenvalue weighted by Crippen LogP contribution is -2.31. The molecule has 0 aliphatic carbocycles. The maximum Gasteiger partial charge on any atom is 0.224 e. The second kappa shape index (κ2) is 9.55. The summed E-state index contributed by atoms with van der Waals surface area (Å²) in [6.07, 6.45) is 3.78. The van der Waals surface area contributed by atoms with E-state index in [0.29, 0.717) is 5.82 Å². The second-order valence-corrected chi connectivity index (χ2v) is 10.5. The van der Waals surface area contributed by atoms with Gasteiger partial charge in [0.15, 0.2) is 9.84 Å². The molecule has 1 amide bonds. The van der Waals surface area contributed by atoms with Crippen molar-refractivity contribution < 1.29 is 13.2 Å². The first kappa shape index (κ1) is 22.2. The van der Waals surface area contributed by atoms with Crippen molar-refractivity contribution in [2.45, 2.75) is 63.1 Å². The summed E-state index contributed by atoms with van der Waals surface area (Å²) in [4.78, 5) is 24.0. The number of anilines is 1. The average molecular weight is 431 g/mol. The molecule has 1 aliphatic heterocycles. The van der Waals surface area contributed by atoms with Crippen LogP contribution in [0.25, 0.3) is 0 Å². The van der Waals surface area contributed by atoms with E-state index >= 15 is 0 Å². The van der Waals surface area contributed by atoms with Gasteiger partial charge in [0, 0.05) is 24.8 Å². The molecule has 162 valence electrons. The Bertz CT molecular complexity index is 982. The van der Waals surface area contributed by atoms with Crippen LogP contribution in [0.2, 0.25) is 0 Å². The van der Waals surface area contributed by atoms with Gasteiger partial charge in [0.05, 0.1) is 23.1 Å². The number of aromatic nitrogens is 2. The van der Waals surface area contributed by atoms with Crippen molar-refractivity contribution >= 4 is 21.6 Å². The SMILES string of the molecule is Cc1cc(N2CCCCC2)nc(CNC(=O)Cc2ccc(S(=O)(=O)C(C)C)cc2)n1. The van der Waals surface area contributed by atoms with E-state index in [9.17, 15) is 13.2 Å². The number of hydrogen-bond acceptors (Lipinski definition) is 6. The standard InChI is InChI=1S/C22H30N4O3S/c1-16(2)30(28,29)19-9-7-18(8-10-19)14-22(27)23-15-20-24-17(3)13-21(25-20)26-11-5-4-6-12-26/h7-10,13,16H,4-6,11-12,14-15H2,1-3H3,(H,23,27). The van der Waals surface area contributed by atoms with Crippen LogP contribution in [-0.2, 0) is 27.6 Å². The van der Waals surface area contributed by atoms with E-state index in [2.05, 4.69) is 20.2 Å². The fraction of sp³-hybridized carbons (Fsp3) is 0.500. The van der Waals surface area contributed by atoms with Gasteiger partial charge in [-0.2, -0.15) is 0 Å². The zero-order valence-corrected chi connectivity index (χ0v) is 18.7. The highest BCUT2D eigenvalue weighted by atomic mass is 32.2. The first-order chi connectivity index (χ1) is 14.3. The Balaban J connectivity index is 1.59. The molecule has 0 atom stereocenters. The lowest BCUT2D eigenvalue weighted by Gasteiger charge is -2.28. The van der Waals surface area contributed by atoms with Crippen molar-refractivity contribution in [3.63, 3.8) is 0 Å². The molecule has 8 heteroatoms. The quantitative estimate of drug-likeness (QED) is 0.726. The molecule has 1 fully saturated rings. The number of rotatable bonds is 7. The van der Waals surface area contributed by atoms with E-state index in [4.69, 9.17) is 0 Å². The lowest BCUT2D eigenvalue weighted by atomic mass is 10.1. The molecule has 1 aromatic carbocycles. The number of piperidine rings is 1. The van der Waals surface area contributed by atoms with Gasteiger partial charge < -0.3 is 10.2 Å². The third-order valence-corrected chi connectivity index (χ3v) is 7.42. The minimum Gasteiger partial charge on any atom is -0.357 e. The molecule has 2 heterocycles. The van der Waals surface area contributed by atoms with Crippen molar-refractivity contribution in [2.24, 2.45) is 0 Å². The largest absolute Gasteiger partial charge is 0.357 e. The molecule has 2 aromatic rings. The molecular formula is C22H30N4O3S. The van der Waals surface area contributed by atoms with Gasteiger partial charge in [-0.25, -0.2) is 18.4 Å². The van der Waals surface area contributed by atoms with Gasteiger partial charge in [-0.05, 0) is 57.7 Å². The molecule has 0 spiro atoms. The molecule has 0 radical (unpaired) electrons. The Morgan fingerprint density at radius 3 is 2.40 bits per heavy atom. The first-order valence-corrected chi connectivity index (χ1v) is 12.0. The van der Waals surface area contributed by atoms with Crippen LogP contribution in [0.1, 0.15) is 50.2 Å². The summed E-state index contributed by atoms with van der Waals surface area (Å²) in [5, 5.41) is 2.39. The minimum absolute atomic E-state index is 0.154. The number of hydrogen-bond donors (Lipinski definition) is 1. The van der Waals surface area contributed by atoms with Gasteiger partial charge in [0.2, 0.25) is 5.91 Å². The van der Waals surface area contributed by atoms with Crippen LogP contribution in [-0.4, -0.2) is 42.6 Å². The summed E-state index contributed by atoms with van der Waals surface area (Å²) in [5.41, 5.74) is 1.64. The van der Waals surface area contributed by atoms with E-state index in [1.54, 1.807) is 38.1 Å². The maximum atomic E-state index is 12.4. The zero-order chi connectivity index (χ0) is 21.7. The van der Waals surface area contributed by atoms with Crippen LogP contribution in [0.4, 0.5) is 5.82 Å². The number of amides is 1. The third kappa shape index (κ3) is 5.56. The van der Waals surface area contributed by atoms with Crippen molar-refractivity contribution in [1.29, 1.82) is 0 Å². The molecule has 0 saturated carbocycles. The minimum atomic E-state index is -3.31. The molecular weight excluding hydrogens is 400 g/mol. The Morgan fingerprint density at radius 1 is 1.10 bits per heavy atom. The molecule has 0 bridgehead atoms. The van der Waals surface area contributed by atoms with Gasteiger partial charge in [0.1, 0.15) is 11.6 Å². The smallest absolute Gasteiger partial charge is 0.224 e. The van der Waals surface area contributed by atoms with E-state index in [0.717, 1.165) is 30.2 Å². The molecule has 30 heavy (non-hydrogen) atoms. The van der Waals surface area contributed by atoms with E-state index in [1.807, 2.05) is 13.0 Å². The first-order valence-electron chi connectivity index (χ1n) is 10.4. The number of aryl methyl sites for hydroxylation is 1. The summed E-state index contributed by atoms with van der Waals surface area (Å²) >= 11 is 0. The Kier molecular flexibility index (Phi) is 7.07. The van der Waals surface area contributed by atoms with E-state index < -0.39 is 15.1 Å². The number of carbonyl (C=O) groups is 1. The van der Waals surface area contributed by atoms with Crippen LogP contribution in [0.15, 0.2) is 35.2 Å². The molecule has 1 aliphatic rings. The van der Waals surface area contributed by atoms with Crippen LogP contribution >= 0.6 is 0 Å². The van der Waals surface area contributed by atoms with Crippen molar-refractivity contribution in [1.82, 2.24) is 15.3 Å². The van der Waals surface area contributed by atoms with Gasteiger partial charge >= 0.3 is 0 Å². The number of benzene rings is 1.